The van der Waals surface area contributed by atoms with Crippen molar-refractivity contribution in [3.8, 4) is 0 Å². The topological polar surface area (TPSA) is 57.6 Å². The first-order valence-electron chi connectivity index (χ1n) is 7.25. The van der Waals surface area contributed by atoms with Crippen LogP contribution in [-0.4, -0.2) is 27.6 Å². The van der Waals surface area contributed by atoms with Gasteiger partial charge in [-0.1, -0.05) is 42.2 Å². The molecule has 2 aromatic rings. The normalized spacial score (nSPS) is 15.9. The largest absolute Gasteiger partial charge is 0.478 e. The van der Waals surface area contributed by atoms with E-state index in [1.165, 1.54) is 28.8 Å². The van der Waals surface area contributed by atoms with E-state index in [-0.39, 0.29) is 11.5 Å². The molecule has 25 heavy (non-hydrogen) atoms. The molecular weight excluding hydrogens is 374 g/mol. The maximum atomic E-state index is 12.7. The monoisotopic (exact) mass is 387 g/mol. The van der Waals surface area contributed by atoms with E-state index < -0.39 is 5.97 Å². The highest BCUT2D eigenvalue weighted by atomic mass is 32.2. The van der Waals surface area contributed by atoms with E-state index in [0.717, 1.165) is 16.1 Å². The average Bonchev–Trinajstić information content (AvgIpc) is 2.89. The number of carbonyl (C=O) groups is 2. The van der Waals surface area contributed by atoms with Crippen molar-refractivity contribution >= 4 is 63.7 Å². The standard InChI is InChI=1S/C18H13NO3S3/c1-24-14-4-2-3-13(10-14)19-16(20)15(25-18(19)23)9-11-5-7-12(8-6-11)17(21)22/h2-10H,1H3,(H,21,22)/b15-9-. The molecule has 0 aliphatic carbocycles. The molecule has 126 valence electrons. The van der Waals surface area contributed by atoms with E-state index in [2.05, 4.69) is 0 Å². The number of thioether (sulfide) groups is 2. The fourth-order valence-electron chi connectivity index (χ4n) is 2.31. The molecule has 0 aromatic heterocycles. The summed E-state index contributed by atoms with van der Waals surface area (Å²) in [6.45, 7) is 0. The van der Waals surface area contributed by atoms with Crippen LogP contribution in [-0.2, 0) is 4.79 Å². The summed E-state index contributed by atoms with van der Waals surface area (Å²) in [5.74, 6) is -1.15. The van der Waals surface area contributed by atoms with Crippen LogP contribution in [0, 0.1) is 0 Å². The molecule has 0 bridgehead atoms. The summed E-state index contributed by atoms with van der Waals surface area (Å²) in [6.07, 6.45) is 3.70. The van der Waals surface area contributed by atoms with Gasteiger partial charge in [0, 0.05) is 4.90 Å². The Morgan fingerprint density at radius 1 is 1.24 bits per heavy atom. The first kappa shape index (κ1) is 17.7. The van der Waals surface area contributed by atoms with E-state index in [0.29, 0.717) is 9.23 Å². The number of carbonyl (C=O) groups excluding carboxylic acids is 1. The van der Waals surface area contributed by atoms with Gasteiger partial charge in [-0.3, -0.25) is 9.69 Å². The minimum absolute atomic E-state index is 0.171. The van der Waals surface area contributed by atoms with Crippen LogP contribution < -0.4 is 4.90 Å². The third kappa shape index (κ3) is 3.78. The Balaban J connectivity index is 1.88. The summed E-state index contributed by atoms with van der Waals surface area (Å²) in [7, 11) is 0. The zero-order valence-electron chi connectivity index (χ0n) is 13.1. The minimum Gasteiger partial charge on any atom is -0.478 e. The average molecular weight is 388 g/mol. The predicted molar refractivity (Wildman–Crippen MR) is 107 cm³/mol. The Morgan fingerprint density at radius 3 is 2.60 bits per heavy atom. The van der Waals surface area contributed by atoms with Crippen LogP contribution in [0.4, 0.5) is 5.69 Å². The number of nitrogens with zero attached hydrogens (tertiary/aromatic N) is 1. The van der Waals surface area contributed by atoms with Gasteiger partial charge in [0.1, 0.15) is 0 Å². The lowest BCUT2D eigenvalue weighted by Gasteiger charge is -2.15. The van der Waals surface area contributed by atoms with Crippen molar-refractivity contribution in [2.75, 3.05) is 11.2 Å². The molecule has 3 rings (SSSR count). The van der Waals surface area contributed by atoms with E-state index >= 15 is 0 Å². The number of rotatable bonds is 4. The van der Waals surface area contributed by atoms with Gasteiger partial charge >= 0.3 is 5.97 Å². The van der Waals surface area contributed by atoms with Gasteiger partial charge in [-0.2, -0.15) is 0 Å². The molecule has 1 saturated heterocycles. The Labute approximate surface area is 158 Å². The van der Waals surface area contributed by atoms with Crippen LogP contribution in [0.3, 0.4) is 0 Å². The lowest BCUT2D eigenvalue weighted by molar-refractivity contribution is -0.113. The molecule has 0 spiro atoms. The van der Waals surface area contributed by atoms with Crippen LogP contribution in [0.25, 0.3) is 6.08 Å². The first-order valence-corrected chi connectivity index (χ1v) is 9.70. The number of amides is 1. The number of hydrogen-bond donors (Lipinski definition) is 1. The van der Waals surface area contributed by atoms with Crippen molar-refractivity contribution in [3.63, 3.8) is 0 Å². The second kappa shape index (κ2) is 7.43. The molecule has 2 aromatic carbocycles. The SMILES string of the molecule is CSc1cccc(N2C(=O)/C(=C/c3ccc(C(=O)O)cc3)SC2=S)c1. The predicted octanol–water partition coefficient (Wildman–Crippen LogP) is 4.51. The molecule has 0 atom stereocenters. The second-order valence-corrected chi connectivity index (χ2v) is 7.70. The van der Waals surface area contributed by atoms with Gasteiger partial charge in [0.25, 0.3) is 5.91 Å². The molecule has 4 nitrogen and oxygen atoms in total. The van der Waals surface area contributed by atoms with Crippen molar-refractivity contribution in [1.82, 2.24) is 0 Å². The van der Waals surface area contributed by atoms with Crippen molar-refractivity contribution in [1.29, 1.82) is 0 Å². The number of benzene rings is 2. The Bertz CT molecular complexity index is 891. The Morgan fingerprint density at radius 2 is 1.96 bits per heavy atom. The zero-order chi connectivity index (χ0) is 18.0. The summed E-state index contributed by atoms with van der Waals surface area (Å²) in [5, 5.41) is 8.94. The van der Waals surface area contributed by atoms with Crippen molar-refractivity contribution in [2.24, 2.45) is 0 Å². The van der Waals surface area contributed by atoms with Gasteiger partial charge in [0.05, 0.1) is 16.2 Å². The van der Waals surface area contributed by atoms with Crippen LogP contribution in [0.15, 0.2) is 58.3 Å². The summed E-state index contributed by atoms with van der Waals surface area (Å²) in [6, 6.07) is 14.0. The summed E-state index contributed by atoms with van der Waals surface area (Å²) < 4.78 is 0.483. The number of anilines is 1. The van der Waals surface area contributed by atoms with Crippen LogP contribution in [0.1, 0.15) is 15.9 Å². The van der Waals surface area contributed by atoms with Crippen LogP contribution in [0.5, 0.6) is 0 Å². The third-order valence-corrected chi connectivity index (χ3v) is 5.59. The smallest absolute Gasteiger partial charge is 0.335 e. The van der Waals surface area contributed by atoms with Gasteiger partial charge in [-0.05, 0) is 48.2 Å². The van der Waals surface area contributed by atoms with Crippen molar-refractivity contribution < 1.29 is 14.7 Å². The number of carboxylic acid groups (broad SMARTS) is 1. The quantitative estimate of drug-likeness (QED) is 0.473. The van der Waals surface area contributed by atoms with Gasteiger partial charge in [0.2, 0.25) is 0 Å². The highest BCUT2D eigenvalue weighted by Crippen LogP contribution is 2.36. The second-order valence-electron chi connectivity index (χ2n) is 5.15. The van der Waals surface area contributed by atoms with Crippen LogP contribution >= 0.6 is 35.7 Å². The Hall–Kier alpha value is -2.09. The maximum Gasteiger partial charge on any atom is 0.335 e. The van der Waals surface area contributed by atoms with Gasteiger partial charge in [-0.15, -0.1) is 11.8 Å². The lowest BCUT2D eigenvalue weighted by Crippen LogP contribution is -2.27. The third-order valence-electron chi connectivity index (χ3n) is 3.56. The molecular formula is C18H13NO3S3. The molecule has 1 aliphatic heterocycles. The fraction of sp³-hybridized carbons (Fsp3) is 0.0556. The summed E-state index contributed by atoms with van der Waals surface area (Å²) in [5.41, 5.74) is 1.71. The van der Waals surface area contributed by atoms with Crippen LogP contribution in [0.2, 0.25) is 0 Å². The van der Waals surface area contributed by atoms with E-state index in [1.54, 1.807) is 30.0 Å². The number of hydrogen-bond acceptors (Lipinski definition) is 5. The molecule has 0 unspecified atom stereocenters. The molecule has 7 heteroatoms. The fourth-order valence-corrected chi connectivity index (χ4v) is 4.07. The molecule has 1 heterocycles. The van der Waals surface area contributed by atoms with E-state index in [1.807, 2.05) is 30.5 Å². The number of carboxylic acids is 1. The van der Waals surface area contributed by atoms with E-state index in [4.69, 9.17) is 17.3 Å². The molecule has 1 N–H and O–H groups in total. The van der Waals surface area contributed by atoms with Crippen molar-refractivity contribution in [3.05, 3.63) is 64.6 Å². The molecule has 0 saturated carbocycles. The maximum absolute atomic E-state index is 12.7. The van der Waals surface area contributed by atoms with E-state index in [9.17, 15) is 9.59 Å². The zero-order valence-corrected chi connectivity index (χ0v) is 15.6. The summed E-state index contributed by atoms with van der Waals surface area (Å²) >= 11 is 8.21. The highest BCUT2D eigenvalue weighted by molar-refractivity contribution is 8.27. The summed E-state index contributed by atoms with van der Waals surface area (Å²) in [4.78, 5) is 26.7. The van der Waals surface area contributed by atoms with Crippen molar-refractivity contribution in [2.45, 2.75) is 4.90 Å². The molecule has 1 amide bonds. The highest BCUT2D eigenvalue weighted by Gasteiger charge is 2.33. The van der Waals surface area contributed by atoms with Gasteiger partial charge in [-0.25, -0.2) is 4.79 Å². The molecule has 1 aliphatic rings. The number of thiocarbonyl (C=S) groups is 1. The molecule has 1 fully saturated rings. The Kier molecular flexibility index (Phi) is 5.27. The number of aromatic carboxylic acids is 1. The lowest BCUT2D eigenvalue weighted by atomic mass is 10.1. The van der Waals surface area contributed by atoms with Gasteiger partial charge < -0.3 is 5.11 Å². The minimum atomic E-state index is -0.980. The first-order chi connectivity index (χ1) is 12.0. The molecule has 0 radical (unpaired) electrons. The van der Waals surface area contributed by atoms with Gasteiger partial charge in [0.15, 0.2) is 4.32 Å².